The maximum Gasteiger partial charge on any atom is 0.325 e. The molecule has 0 radical (unpaired) electrons. The molecule has 0 fully saturated rings. The number of rotatable bonds is 10. The summed E-state index contributed by atoms with van der Waals surface area (Å²) in [5, 5.41) is 3.17. The van der Waals surface area contributed by atoms with E-state index in [2.05, 4.69) is 17.4 Å². The third-order valence-electron chi connectivity index (χ3n) is 3.56. The van der Waals surface area contributed by atoms with Crippen LogP contribution in [-0.4, -0.2) is 29.1 Å². The first-order valence-corrected chi connectivity index (χ1v) is 9.84. The van der Waals surface area contributed by atoms with Crippen LogP contribution in [0.25, 0.3) is 0 Å². The molecule has 6 heteroatoms. The first-order valence-electron chi connectivity index (χ1n) is 8.04. The number of hydrogen-bond donors (Lipinski definition) is 3. The van der Waals surface area contributed by atoms with Gasteiger partial charge in [0.15, 0.2) is 0 Å². The summed E-state index contributed by atoms with van der Waals surface area (Å²) in [7, 11) is -3.87. The molecule has 0 amide bonds. The summed E-state index contributed by atoms with van der Waals surface area (Å²) in [6, 6.07) is 18.1. The topological polar surface area (TPSA) is 78.8 Å². The maximum absolute atomic E-state index is 10.7. The summed E-state index contributed by atoms with van der Waals surface area (Å²) >= 11 is 0. The lowest BCUT2D eigenvalue weighted by atomic mass is 10.2. The van der Waals surface area contributed by atoms with Gasteiger partial charge >= 0.3 is 7.60 Å². The predicted molar refractivity (Wildman–Crippen MR) is 95.3 cm³/mol. The fourth-order valence-corrected chi connectivity index (χ4v) is 2.85. The van der Waals surface area contributed by atoms with E-state index in [9.17, 15) is 4.57 Å². The number of nitrogens with one attached hydrogen (secondary N) is 1. The van der Waals surface area contributed by atoms with E-state index in [0.29, 0.717) is 26.1 Å². The van der Waals surface area contributed by atoms with Crippen LogP contribution in [-0.2, 0) is 17.5 Å². The van der Waals surface area contributed by atoms with Crippen molar-refractivity contribution in [2.45, 2.75) is 19.4 Å². The highest BCUT2D eigenvalue weighted by Crippen LogP contribution is 2.34. The van der Waals surface area contributed by atoms with E-state index in [1.165, 1.54) is 5.56 Å². The van der Waals surface area contributed by atoms with Crippen molar-refractivity contribution in [3.8, 4) is 5.75 Å². The minimum Gasteiger partial charge on any atom is -0.493 e. The standard InChI is InChI=1S/C18H24NO4P/c20-24(21,22)14-4-12-19-15-17-7-9-18(10-8-17)23-13-11-16-5-2-1-3-6-16/h1-3,5-10,19H,4,11-15H2,(H2,20,21,22). The average molecular weight is 349 g/mol. The highest BCUT2D eigenvalue weighted by molar-refractivity contribution is 7.51. The average Bonchev–Trinajstić information content (AvgIpc) is 2.56. The Kier molecular flexibility index (Phi) is 7.47. The van der Waals surface area contributed by atoms with Crippen LogP contribution in [0.15, 0.2) is 54.6 Å². The Morgan fingerprint density at radius 2 is 1.67 bits per heavy atom. The fourth-order valence-electron chi connectivity index (χ4n) is 2.28. The van der Waals surface area contributed by atoms with Crippen LogP contribution in [0.1, 0.15) is 17.5 Å². The van der Waals surface area contributed by atoms with Crippen LogP contribution in [0.2, 0.25) is 0 Å². The van der Waals surface area contributed by atoms with Gasteiger partial charge in [0, 0.05) is 13.0 Å². The van der Waals surface area contributed by atoms with Crippen LogP contribution >= 0.6 is 7.60 Å². The molecule has 0 aliphatic rings. The van der Waals surface area contributed by atoms with E-state index in [1.54, 1.807) is 0 Å². The molecule has 0 heterocycles. The molecule has 0 aliphatic heterocycles. The molecule has 130 valence electrons. The molecule has 0 aromatic heterocycles. The third kappa shape index (κ3) is 7.75. The predicted octanol–water partition coefficient (Wildman–Crippen LogP) is 2.97. The Labute approximate surface area is 142 Å². The summed E-state index contributed by atoms with van der Waals surface area (Å²) in [5.74, 6) is 0.844. The molecule has 0 atom stereocenters. The van der Waals surface area contributed by atoms with Gasteiger partial charge in [0.2, 0.25) is 0 Å². The lowest BCUT2D eigenvalue weighted by Gasteiger charge is -2.09. The summed E-state index contributed by atoms with van der Waals surface area (Å²) < 4.78 is 16.5. The molecule has 3 N–H and O–H groups in total. The quantitative estimate of drug-likeness (QED) is 0.454. The highest BCUT2D eigenvalue weighted by Gasteiger charge is 2.10. The van der Waals surface area contributed by atoms with E-state index in [-0.39, 0.29) is 6.16 Å². The van der Waals surface area contributed by atoms with Crippen LogP contribution in [0, 0.1) is 0 Å². The van der Waals surface area contributed by atoms with Gasteiger partial charge in [-0.15, -0.1) is 0 Å². The van der Waals surface area contributed by atoms with E-state index in [1.807, 2.05) is 42.5 Å². The molecule has 2 aromatic rings. The lowest BCUT2D eigenvalue weighted by Crippen LogP contribution is -2.15. The molecular weight excluding hydrogens is 325 g/mol. The van der Waals surface area contributed by atoms with Crippen LogP contribution in [0.4, 0.5) is 0 Å². The minimum atomic E-state index is -3.87. The monoisotopic (exact) mass is 349 g/mol. The van der Waals surface area contributed by atoms with Gasteiger partial charge in [0.05, 0.1) is 12.8 Å². The van der Waals surface area contributed by atoms with Crippen molar-refractivity contribution >= 4 is 7.60 Å². The molecular formula is C18H24NO4P. The molecule has 0 spiro atoms. The molecule has 0 aliphatic carbocycles. The summed E-state index contributed by atoms with van der Waals surface area (Å²) in [6.45, 7) is 1.90. The maximum atomic E-state index is 10.7. The van der Waals surface area contributed by atoms with E-state index in [4.69, 9.17) is 14.5 Å². The van der Waals surface area contributed by atoms with Gasteiger partial charge in [-0.25, -0.2) is 0 Å². The van der Waals surface area contributed by atoms with Crippen molar-refractivity contribution in [2.75, 3.05) is 19.3 Å². The van der Waals surface area contributed by atoms with Crippen molar-refractivity contribution < 1.29 is 19.1 Å². The summed E-state index contributed by atoms with van der Waals surface area (Å²) in [6.07, 6.45) is 1.27. The second-order valence-electron chi connectivity index (χ2n) is 5.65. The van der Waals surface area contributed by atoms with Crippen molar-refractivity contribution in [3.05, 3.63) is 65.7 Å². The zero-order valence-electron chi connectivity index (χ0n) is 13.6. The molecule has 0 unspecified atom stereocenters. The first-order chi connectivity index (χ1) is 11.5. The SMILES string of the molecule is O=P(O)(O)CCCNCc1ccc(OCCc2ccccc2)cc1. The highest BCUT2D eigenvalue weighted by atomic mass is 31.2. The largest absolute Gasteiger partial charge is 0.493 e. The van der Waals surface area contributed by atoms with Gasteiger partial charge in [-0.3, -0.25) is 4.57 Å². The Hall–Kier alpha value is -1.65. The van der Waals surface area contributed by atoms with Gasteiger partial charge in [-0.05, 0) is 36.2 Å². The van der Waals surface area contributed by atoms with E-state index >= 15 is 0 Å². The Morgan fingerprint density at radius 3 is 2.33 bits per heavy atom. The van der Waals surface area contributed by atoms with Gasteiger partial charge in [0.25, 0.3) is 0 Å². The normalized spacial score (nSPS) is 11.4. The Morgan fingerprint density at radius 1 is 0.958 bits per heavy atom. The lowest BCUT2D eigenvalue weighted by molar-refractivity contribution is 0.322. The number of benzene rings is 2. The Balaban J connectivity index is 1.64. The second kappa shape index (κ2) is 9.60. The molecule has 0 saturated heterocycles. The molecule has 2 rings (SSSR count). The van der Waals surface area contributed by atoms with Crippen molar-refractivity contribution in [1.29, 1.82) is 0 Å². The van der Waals surface area contributed by atoms with Crippen LogP contribution in [0.3, 0.4) is 0 Å². The van der Waals surface area contributed by atoms with Gasteiger partial charge < -0.3 is 19.8 Å². The summed E-state index contributed by atoms with van der Waals surface area (Å²) in [5.41, 5.74) is 2.37. The van der Waals surface area contributed by atoms with Crippen LogP contribution in [0.5, 0.6) is 5.75 Å². The fraction of sp³-hybridized carbons (Fsp3) is 0.333. The number of hydrogen-bond acceptors (Lipinski definition) is 3. The Bertz CT molecular complexity index is 640. The van der Waals surface area contributed by atoms with Crippen molar-refractivity contribution in [2.24, 2.45) is 0 Å². The van der Waals surface area contributed by atoms with Crippen molar-refractivity contribution in [3.63, 3.8) is 0 Å². The molecule has 0 bridgehead atoms. The molecule has 2 aromatic carbocycles. The van der Waals surface area contributed by atoms with Crippen molar-refractivity contribution in [1.82, 2.24) is 5.32 Å². The van der Waals surface area contributed by atoms with Gasteiger partial charge in [-0.2, -0.15) is 0 Å². The number of ether oxygens (including phenoxy) is 1. The first kappa shape index (κ1) is 18.7. The van der Waals surface area contributed by atoms with Crippen LogP contribution < -0.4 is 10.1 Å². The van der Waals surface area contributed by atoms with E-state index < -0.39 is 7.60 Å². The summed E-state index contributed by atoms with van der Waals surface area (Å²) in [4.78, 5) is 17.6. The zero-order chi connectivity index (χ0) is 17.3. The second-order valence-corrected chi connectivity index (χ2v) is 7.42. The smallest absolute Gasteiger partial charge is 0.325 e. The molecule has 5 nitrogen and oxygen atoms in total. The molecule has 0 saturated carbocycles. The van der Waals surface area contributed by atoms with E-state index in [0.717, 1.165) is 17.7 Å². The van der Waals surface area contributed by atoms with Gasteiger partial charge in [-0.1, -0.05) is 42.5 Å². The van der Waals surface area contributed by atoms with Gasteiger partial charge in [0.1, 0.15) is 5.75 Å². The molecule has 24 heavy (non-hydrogen) atoms. The minimum absolute atomic E-state index is 0.0752. The zero-order valence-corrected chi connectivity index (χ0v) is 14.5. The third-order valence-corrected chi connectivity index (χ3v) is 4.46.